The Morgan fingerprint density at radius 3 is 2.58 bits per heavy atom. The van der Waals surface area contributed by atoms with Crippen molar-refractivity contribution in [2.24, 2.45) is 0 Å². The summed E-state index contributed by atoms with van der Waals surface area (Å²) in [4.78, 5) is 28.4. The third kappa shape index (κ3) is 4.84. The SMILES string of the molecule is CC(NC(=O)CNC(=O)c1cc(-c2ccccc2)on1)c1ccc(-n2cncn2)cc1. The molecule has 0 radical (unpaired) electrons. The van der Waals surface area contributed by atoms with E-state index in [2.05, 4.69) is 25.9 Å². The molecule has 0 aliphatic carbocycles. The predicted molar refractivity (Wildman–Crippen MR) is 112 cm³/mol. The molecule has 0 aliphatic rings. The molecule has 2 heterocycles. The van der Waals surface area contributed by atoms with Crippen LogP contribution in [0.15, 0.2) is 77.8 Å². The summed E-state index contributed by atoms with van der Waals surface area (Å²) >= 11 is 0. The van der Waals surface area contributed by atoms with Crippen LogP contribution >= 0.6 is 0 Å². The van der Waals surface area contributed by atoms with Gasteiger partial charge in [-0.3, -0.25) is 9.59 Å². The van der Waals surface area contributed by atoms with Crippen LogP contribution in [0.25, 0.3) is 17.0 Å². The topological polar surface area (TPSA) is 115 Å². The molecule has 0 aliphatic heterocycles. The first-order valence-electron chi connectivity index (χ1n) is 9.65. The van der Waals surface area contributed by atoms with E-state index in [1.54, 1.807) is 17.1 Å². The van der Waals surface area contributed by atoms with Gasteiger partial charge in [-0.05, 0) is 24.6 Å². The van der Waals surface area contributed by atoms with Gasteiger partial charge in [-0.15, -0.1) is 0 Å². The molecule has 0 bridgehead atoms. The summed E-state index contributed by atoms with van der Waals surface area (Å²) in [7, 11) is 0. The van der Waals surface area contributed by atoms with E-state index >= 15 is 0 Å². The Bertz CT molecular complexity index is 1150. The van der Waals surface area contributed by atoms with Crippen molar-refractivity contribution in [3.8, 4) is 17.0 Å². The van der Waals surface area contributed by atoms with Gasteiger partial charge in [0.1, 0.15) is 12.7 Å². The van der Waals surface area contributed by atoms with Crippen LogP contribution in [0.4, 0.5) is 0 Å². The lowest BCUT2D eigenvalue weighted by Gasteiger charge is -2.15. The van der Waals surface area contributed by atoms with E-state index in [0.29, 0.717) is 5.76 Å². The highest BCUT2D eigenvalue weighted by molar-refractivity contribution is 5.95. The number of nitrogens with one attached hydrogen (secondary N) is 2. The Balaban J connectivity index is 1.29. The van der Waals surface area contributed by atoms with E-state index in [1.807, 2.05) is 61.5 Å². The lowest BCUT2D eigenvalue weighted by molar-refractivity contribution is -0.120. The van der Waals surface area contributed by atoms with E-state index in [9.17, 15) is 9.59 Å². The maximum absolute atomic E-state index is 12.3. The Labute approximate surface area is 178 Å². The Morgan fingerprint density at radius 1 is 1.10 bits per heavy atom. The second kappa shape index (κ2) is 9.04. The van der Waals surface area contributed by atoms with Crippen molar-refractivity contribution in [1.29, 1.82) is 0 Å². The first kappa shape index (κ1) is 20.0. The molecule has 2 N–H and O–H groups in total. The summed E-state index contributed by atoms with van der Waals surface area (Å²) < 4.78 is 6.86. The van der Waals surface area contributed by atoms with Gasteiger partial charge in [-0.1, -0.05) is 47.6 Å². The van der Waals surface area contributed by atoms with E-state index in [1.165, 1.54) is 6.33 Å². The van der Waals surface area contributed by atoms with Gasteiger partial charge in [0.15, 0.2) is 11.5 Å². The molecular formula is C22H20N6O3. The number of carbonyl (C=O) groups is 2. The van der Waals surface area contributed by atoms with E-state index < -0.39 is 5.91 Å². The molecule has 4 aromatic rings. The smallest absolute Gasteiger partial charge is 0.273 e. The van der Waals surface area contributed by atoms with Crippen LogP contribution in [0, 0.1) is 0 Å². The molecule has 9 heteroatoms. The van der Waals surface area contributed by atoms with Crippen molar-refractivity contribution in [2.75, 3.05) is 6.54 Å². The molecule has 156 valence electrons. The maximum atomic E-state index is 12.3. The zero-order valence-corrected chi connectivity index (χ0v) is 16.7. The number of aromatic nitrogens is 4. The lowest BCUT2D eigenvalue weighted by atomic mass is 10.1. The quantitative estimate of drug-likeness (QED) is 0.478. The summed E-state index contributed by atoms with van der Waals surface area (Å²) in [5.41, 5.74) is 2.72. The largest absolute Gasteiger partial charge is 0.355 e. The lowest BCUT2D eigenvalue weighted by Crippen LogP contribution is -2.38. The predicted octanol–water partition coefficient (Wildman–Crippen LogP) is 2.53. The molecular weight excluding hydrogens is 396 g/mol. The monoisotopic (exact) mass is 416 g/mol. The molecule has 0 saturated carbocycles. The molecule has 0 saturated heterocycles. The molecule has 1 unspecified atom stereocenters. The number of hydrogen-bond donors (Lipinski definition) is 2. The third-order valence-corrected chi connectivity index (χ3v) is 4.66. The normalized spacial score (nSPS) is 11.6. The first-order chi connectivity index (χ1) is 15.1. The van der Waals surface area contributed by atoms with Crippen molar-refractivity contribution < 1.29 is 14.1 Å². The number of benzene rings is 2. The number of hydrogen-bond acceptors (Lipinski definition) is 6. The molecule has 0 spiro atoms. The van der Waals surface area contributed by atoms with Crippen LogP contribution in [0.2, 0.25) is 0 Å². The van der Waals surface area contributed by atoms with Crippen LogP contribution in [-0.2, 0) is 4.79 Å². The maximum Gasteiger partial charge on any atom is 0.273 e. The van der Waals surface area contributed by atoms with Gasteiger partial charge >= 0.3 is 0 Å². The second-order valence-electron chi connectivity index (χ2n) is 6.85. The van der Waals surface area contributed by atoms with Crippen LogP contribution in [-0.4, -0.2) is 38.3 Å². The summed E-state index contributed by atoms with van der Waals surface area (Å²) in [6.45, 7) is 1.70. The van der Waals surface area contributed by atoms with Crippen LogP contribution in [0.1, 0.15) is 29.0 Å². The molecule has 31 heavy (non-hydrogen) atoms. The van der Waals surface area contributed by atoms with Crippen molar-refractivity contribution >= 4 is 11.8 Å². The zero-order valence-electron chi connectivity index (χ0n) is 16.7. The van der Waals surface area contributed by atoms with E-state index in [0.717, 1.165) is 16.8 Å². The highest BCUT2D eigenvalue weighted by Crippen LogP contribution is 2.19. The van der Waals surface area contributed by atoms with E-state index in [4.69, 9.17) is 4.52 Å². The average Bonchev–Trinajstić information content (AvgIpc) is 3.51. The summed E-state index contributed by atoms with van der Waals surface area (Å²) in [6.07, 6.45) is 3.08. The minimum Gasteiger partial charge on any atom is -0.355 e. The molecule has 2 aromatic heterocycles. The average molecular weight is 416 g/mol. The second-order valence-corrected chi connectivity index (χ2v) is 6.85. The van der Waals surface area contributed by atoms with Gasteiger partial charge in [-0.25, -0.2) is 9.67 Å². The van der Waals surface area contributed by atoms with Gasteiger partial charge < -0.3 is 15.2 Å². The highest BCUT2D eigenvalue weighted by atomic mass is 16.5. The molecule has 4 rings (SSSR count). The van der Waals surface area contributed by atoms with Crippen LogP contribution in [0.3, 0.4) is 0 Å². The summed E-state index contributed by atoms with van der Waals surface area (Å²) in [5.74, 6) is -0.308. The fraction of sp³-hybridized carbons (Fsp3) is 0.136. The van der Waals surface area contributed by atoms with Crippen molar-refractivity contribution in [1.82, 2.24) is 30.6 Å². The fourth-order valence-corrected chi connectivity index (χ4v) is 3.00. The molecule has 0 fully saturated rings. The number of amides is 2. The molecule has 9 nitrogen and oxygen atoms in total. The number of carbonyl (C=O) groups excluding carboxylic acids is 2. The number of nitrogens with zero attached hydrogens (tertiary/aromatic N) is 4. The van der Waals surface area contributed by atoms with Gasteiger partial charge in [-0.2, -0.15) is 5.10 Å². The van der Waals surface area contributed by atoms with Gasteiger partial charge in [0, 0.05) is 11.6 Å². The van der Waals surface area contributed by atoms with E-state index in [-0.39, 0.29) is 24.2 Å². The van der Waals surface area contributed by atoms with Gasteiger partial charge in [0.25, 0.3) is 5.91 Å². The Hall–Kier alpha value is -4.27. The minimum atomic E-state index is -0.481. The van der Waals surface area contributed by atoms with Crippen LogP contribution in [0.5, 0.6) is 0 Å². The zero-order chi connectivity index (χ0) is 21.6. The molecule has 2 aromatic carbocycles. The highest BCUT2D eigenvalue weighted by Gasteiger charge is 2.16. The fourth-order valence-electron chi connectivity index (χ4n) is 3.00. The van der Waals surface area contributed by atoms with Crippen LogP contribution < -0.4 is 10.6 Å². The Morgan fingerprint density at radius 2 is 1.87 bits per heavy atom. The van der Waals surface area contributed by atoms with Gasteiger partial charge in [0.2, 0.25) is 5.91 Å². The number of rotatable bonds is 7. The Kier molecular flexibility index (Phi) is 5.84. The molecule has 1 atom stereocenters. The minimum absolute atomic E-state index is 0.114. The first-order valence-corrected chi connectivity index (χ1v) is 9.65. The summed E-state index contributed by atoms with van der Waals surface area (Å²) in [5, 5.41) is 13.3. The van der Waals surface area contributed by atoms with Crippen molar-refractivity contribution in [3.05, 3.63) is 84.6 Å². The third-order valence-electron chi connectivity index (χ3n) is 4.66. The standard InChI is InChI=1S/C22H20N6O3/c1-15(16-7-9-18(10-8-16)28-14-23-13-25-28)26-21(29)12-24-22(30)19-11-20(31-27-19)17-5-3-2-4-6-17/h2-11,13-15H,12H2,1H3,(H,24,30)(H,26,29). The van der Waals surface area contributed by atoms with Crippen molar-refractivity contribution in [3.63, 3.8) is 0 Å². The molecule has 2 amide bonds. The summed E-state index contributed by atoms with van der Waals surface area (Å²) in [6, 6.07) is 18.2. The van der Waals surface area contributed by atoms with Gasteiger partial charge in [0.05, 0.1) is 18.3 Å². The van der Waals surface area contributed by atoms with Crippen molar-refractivity contribution in [2.45, 2.75) is 13.0 Å².